The van der Waals surface area contributed by atoms with E-state index in [1.165, 1.54) is 0 Å². The first-order chi connectivity index (χ1) is 6.89. The average molecular weight is 258 g/mol. The van der Waals surface area contributed by atoms with Crippen molar-refractivity contribution >= 4 is 0 Å². The maximum absolute atomic E-state index is 9.41. The van der Waals surface area contributed by atoms with Crippen molar-refractivity contribution in [3.05, 3.63) is 0 Å². The minimum absolute atomic E-state index is 0. The lowest BCUT2D eigenvalue weighted by Gasteiger charge is -2.47. The molecule has 1 atom stereocenters. The van der Waals surface area contributed by atoms with E-state index in [1.807, 2.05) is 21.0 Å². The second kappa shape index (κ2) is 7.42. The summed E-state index contributed by atoms with van der Waals surface area (Å²) in [5.41, 5.74) is -0.670. The van der Waals surface area contributed by atoms with Gasteiger partial charge in [0.05, 0.1) is 20.7 Å². The number of aliphatic hydroxyl groups excluding tert-OH is 4. The fourth-order valence-electron chi connectivity index (χ4n) is 1.86. The summed E-state index contributed by atoms with van der Waals surface area (Å²) >= 11 is 0. The molecular formula is C10H24ClNO4. The third-order valence-electron chi connectivity index (χ3n) is 3.41. The second-order valence-corrected chi connectivity index (χ2v) is 4.60. The fraction of sp³-hybridized carbons (Fsp3) is 1.00. The first-order valence-corrected chi connectivity index (χ1v) is 5.23. The van der Waals surface area contributed by atoms with Gasteiger partial charge in [0.15, 0.2) is 0 Å². The summed E-state index contributed by atoms with van der Waals surface area (Å²) in [4.78, 5) is 0. The zero-order valence-corrected chi connectivity index (χ0v) is 11.0. The van der Waals surface area contributed by atoms with Gasteiger partial charge in [-0.15, -0.1) is 0 Å². The third kappa shape index (κ3) is 3.84. The van der Waals surface area contributed by atoms with Gasteiger partial charge in [-0.25, -0.2) is 0 Å². The highest BCUT2D eigenvalue weighted by Crippen LogP contribution is 2.24. The summed E-state index contributed by atoms with van der Waals surface area (Å²) in [5, 5.41) is 37.0. The standard InChI is InChI=1S/C10H24NO4.ClH/c1-4-10(7-13,8-14)11(2,3)5-9(15)6-12;/h9,12-15H,4-8H2,1-3H3;1H/q+1;/p-1. The summed E-state index contributed by atoms with van der Waals surface area (Å²) in [5.74, 6) is 0. The SMILES string of the molecule is CCC(CO)(CO)[N+](C)(C)CC(O)CO.[Cl-]. The van der Waals surface area contributed by atoms with Crippen molar-refractivity contribution in [3.8, 4) is 0 Å². The molecule has 0 aliphatic rings. The normalized spacial score (nSPS) is 14.4. The van der Waals surface area contributed by atoms with Gasteiger partial charge >= 0.3 is 0 Å². The first-order valence-electron chi connectivity index (χ1n) is 5.23. The van der Waals surface area contributed by atoms with Gasteiger partial charge in [-0.1, -0.05) is 6.92 Å². The van der Waals surface area contributed by atoms with Crippen LogP contribution >= 0.6 is 0 Å². The van der Waals surface area contributed by atoms with Gasteiger partial charge in [0.25, 0.3) is 0 Å². The van der Waals surface area contributed by atoms with E-state index in [2.05, 4.69) is 0 Å². The highest BCUT2D eigenvalue weighted by molar-refractivity contribution is 4.78. The van der Waals surface area contributed by atoms with Gasteiger partial charge < -0.3 is 37.3 Å². The van der Waals surface area contributed by atoms with E-state index >= 15 is 0 Å². The van der Waals surface area contributed by atoms with Crippen molar-refractivity contribution in [2.75, 3.05) is 40.5 Å². The third-order valence-corrected chi connectivity index (χ3v) is 3.41. The van der Waals surface area contributed by atoms with Gasteiger partial charge in [0.1, 0.15) is 31.4 Å². The second-order valence-electron chi connectivity index (χ2n) is 4.60. The number of hydrogen-bond donors (Lipinski definition) is 4. The molecule has 0 saturated carbocycles. The Morgan fingerprint density at radius 2 is 1.56 bits per heavy atom. The highest BCUT2D eigenvalue weighted by Gasteiger charge is 2.44. The maximum atomic E-state index is 9.41. The van der Waals surface area contributed by atoms with Crippen LogP contribution in [0.4, 0.5) is 0 Å². The average Bonchev–Trinajstić information content (AvgIpc) is 2.20. The lowest BCUT2D eigenvalue weighted by Crippen LogP contribution is -3.00. The topological polar surface area (TPSA) is 80.9 Å². The quantitative estimate of drug-likeness (QED) is 0.347. The molecule has 0 bridgehead atoms. The molecule has 0 rings (SSSR count). The van der Waals surface area contributed by atoms with Crippen molar-refractivity contribution in [1.82, 2.24) is 0 Å². The minimum atomic E-state index is -0.830. The number of nitrogens with zero attached hydrogens (tertiary/aromatic N) is 1. The minimum Gasteiger partial charge on any atom is -1.00 e. The fourth-order valence-corrected chi connectivity index (χ4v) is 1.86. The predicted molar refractivity (Wildman–Crippen MR) is 57.3 cm³/mol. The van der Waals surface area contributed by atoms with E-state index in [0.717, 1.165) is 0 Å². The Hall–Kier alpha value is 0.0900. The zero-order valence-electron chi connectivity index (χ0n) is 10.2. The maximum Gasteiger partial charge on any atom is 0.145 e. The molecule has 0 saturated heterocycles. The van der Waals surface area contributed by atoms with Crippen molar-refractivity contribution < 1.29 is 37.3 Å². The van der Waals surface area contributed by atoms with Crippen molar-refractivity contribution in [2.45, 2.75) is 25.0 Å². The molecule has 0 aromatic rings. The van der Waals surface area contributed by atoms with Gasteiger partial charge in [0.2, 0.25) is 0 Å². The predicted octanol–water partition coefficient (Wildman–Crippen LogP) is -4.45. The van der Waals surface area contributed by atoms with Crippen LogP contribution in [0.2, 0.25) is 0 Å². The molecule has 0 amide bonds. The van der Waals surface area contributed by atoms with E-state index in [1.54, 1.807) is 0 Å². The van der Waals surface area contributed by atoms with E-state index in [-0.39, 0.29) is 36.7 Å². The smallest absolute Gasteiger partial charge is 0.145 e. The Kier molecular flexibility index (Phi) is 8.56. The molecule has 0 aliphatic carbocycles. The number of likely N-dealkylation sites (N-methyl/N-ethyl adjacent to an activating group) is 1. The lowest BCUT2D eigenvalue weighted by molar-refractivity contribution is -0.946. The molecule has 0 aliphatic heterocycles. The molecule has 16 heavy (non-hydrogen) atoms. The van der Waals surface area contributed by atoms with Crippen LogP contribution in [-0.4, -0.2) is 77.0 Å². The first kappa shape index (κ1) is 18.5. The Labute approximate surface area is 103 Å². The summed E-state index contributed by atoms with van der Waals surface area (Å²) in [6, 6.07) is 0. The van der Waals surface area contributed by atoms with Crippen LogP contribution in [0.1, 0.15) is 13.3 Å². The van der Waals surface area contributed by atoms with E-state index in [9.17, 15) is 15.3 Å². The van der Waals surface area contributed by atoms with Crippen LogP contribution < -0.4 is 12.4 Å². The number of halogens is 1. The Morgan fingerprint density at radius 1 is 1.12 bits per heavy atom. The molecule has 0 heterocycles. The lowest BCUT2D eigenvalue weighted by atomic mass is 9.93. The molecule has 0 radical (unpaired) electrons. The summed E-state index contributed by atoms with van der Waals surface area (Å²) < 4.78 is 0.276. The van der Waals surface area contributed by atoms with Crippen molar-refractivity contribution in [2.24, 2.45) is 0 Å². The molecule has 0 fully saturated rings. The molecule has 0 aromatic carbocycles. The van der Waals surface area contributed by atoms with Crippen molar-refractivity contribution in [3.63, 3.8) is 0 Å². The molecule has 1 unspecified atom stereocenters. The van der Waals surface area contributed by atoms with Gasteiger partial charge in [-0.3, -0.25) is 0 Å². The van der Waals surface area contributed by atoms with E-state index in [4.69, 9.17) is 5.11 Å². The summed E-state index contributed by atoms with van der Waals surface area (Å²) in [7, 11) is 3.66. The van der Waals surface area contributed by atoms with Crippen LogP contribution in [0.3, 0.4) is 0 Å². The van der Waals surface area contributed by atoms with Crippen LogP contribution in [0.15, 0.2) is 0 Å². The Bertz CT molecular complexity index is 177. The van der Waals surface area contributed by atoms with E-state index in [0.29, 0.717) is 13.0 Å². The Balaban J connectivity index is 0. The molecule has 4 N–H and O–H groups in total. The largest absolute Gasteiger partial charge is 1.00 e. The number of aliphatic hydroxyl groups is 4. The molecular weight excluding hydrogens is 234 g/mol. The molecule has 0 spiro atoms. The van der Waals surface area contributed by atoms with Crippen LogP contribution in [0.5, 0.6) is 0 Å². The monoisotopic (exact) mass is 257 g/mol. The van der Waals surface area contributed by atoms with Gasteiger partial charge in [-0.05, 0) is 0 Å². The van der Waals surface area contributed by atoms with Crippen LogP contribution in [-0.2, 0) is 0 Å². The number of rotatable bonds is 7. The van der Waals surface area contributed by atoms with E-state index < -0.39 is 11.6 Å². The van der Waals surface area contributed by atoms with Gasteiger partial charge in [-0.2, -0.15) is 0 Å². The molecule has 0 aromatic heterocycles. The summed E-state index contributed by atoms with van der Waals surface area (Å²) in [6.45, 7) is 1.58. The van der Waals surface area contributed by atoms with Gasteiger partial charge in [0, 0.05) is 6.42 Å². The molecule has 6 heteroatoms. The summed E-state index contributed by atoms with van der Waals surface area (Å²) in [6.07, 6.45) is -0.227. The molecule has 5 nitrogen and oxygen atoms in total. The van der Waals surface area contributed by atoms with Crippen LogP contribution in [0.25, 0.3) is 0 Å². The number of hydrogen-bond acceptors (Lipinski definition) is 4. The molecule has 100 valence electrons. The van der Waals surface area contributed by atoms with Crippen molar-refractivity contribution in [1.29, 1.82) is 0 Å². The number of quaternary nitrogens is 1. The van der Waals surface area contributed by atoms with Crippen LogP contribution in [0, 0.1) is 0 Å². The Morgan fingerprint density at radius 3 is 1.81 bits per heavy atom. The zero-order chi connectivity index (χ0) is 12.1. The highest BCUT2D eigenvalue weighted by atomic mass is 35.5.